The second-order valence-electron chi connectivity index (χ2n) is 5.22. The van der Waals surface area contributed by atoms with Gasteiger partial charge >= 0.3 is 0 Å². The van der Waals surface area contributed by atoms with E-state index >= 15 is 0 Å². The van der Waals surface area contributed by atoms with Crippen molar-refractivity contribution >= 4 is 22.3 Å². The molecule has 106 valence electrons. The number of fused-ring (bicyclic) bond motifs is 1. The van der Waals surface area contributed by atoms with Crippen LogP contribution in [0, 0.1) is 0 Å². The van der Waals surface area contributed by atoms with E-state index in [1.165, 1.54) is 0 Å². The van der Waals surface area contributed by atoms with Gasteiger partial charge in [0.25, 0.3) is 0 Å². The van der Waals surface area contributed by atoms with E-state index in [0.717, 1.165) is 54.8 Å². The molecule has 0 unspecified atom stereocenters. The predicted octanol–water partition coefficient (Wildman–Crippen LogP) is 2.82. The van der Waals surface area contributed by atoms with Gasteiger partial charge in [-0.15, -0.1) is 0 Å². The summed E-state index contributed by atoms with van der Waals surface area (Å²) >= 11 is 0. The topological polar surface area (TPSA) is 51.4 Å². The van der Waals surface area contributed by atoms with Crippen LogP contribution < -0.4 is 10.6 Å². The minimum absolute atomic E-state index is 0.394. The zero-order valence-electron chi connectivity index (χ0n) is 11.9. The molecule has 4 nitrogen and oxygen atoms in total. The summed E-state index contributed by atoms with van der Waals surface area (Å²) in [5.41, 5.74) is 9.07. The molecule has 0 spiro atoms. The molecule has 1 aromatic carbocycles. The molecule has 0 aliphatic carbocycles. The van der Waals surface area contributed by atoms with E-state index in [2.05, 4.69) is 22.9 Å². The number of nitrogens with zero attached hydrogens (tertiary/aromatic N) is 2. The number of hydrogen-bond donors (Lipinski definition) is 1. The lowest BCUT2D eigenvalue weighted by Gasteiger charge is -2.34. The Morgan fingerprint density at radius 3 is 2.80 bits per heavy atom. The maximum absolute atomic E-state index is 6.18. The van der Waals surface area contributed by atoms with Crippen LogP contribution in [0.1, 0.15) is 19.8 Å². The van der Waals surface area contributed by atoms with Crippen molar-refractivity contribution in [1.82, 2.24) is 4.98 Å². The van der Waals surface area contributed by atoms with Gasteiger partial charge in [-0.2, -0.15) is 0 Å². The van der Waals surface area contributed by atoms with E-state index < -0.39 is 0 Å². The van der Waals surface area contributed by atoms with Crippen molar-refractivity contribution in [3.63, 3.8) is 0 Å². The number of anilines is 2. The summed E-state index contributed by atoms with van der Waals surface area (Å²) in [4.78, 5) is 6.77. The van der Waals surface area contributed by atoms with Crippen LogP contribution in [-0.4, -0.2) is 30.8 Å². The Morgan fingerprint density at radius 1 is 1.30 bits per heavy atom. The maximum Gasteiger partial charge on any atom is 0.0745 e. The number of piperidine rings is 1. The van der Waals surface area contributed by atoms with Gasteiger partial charge in [-0.3, -0.25) is 4.98 Å². The summed E-state index contributed by atoms with van der Waals surface area (Å²) < 4.78 is 5.71. The van der Waals surface area contributed by atoms with Crippen LogP contribution in [0.2, 0.25) is 0 Å². The van der Waals surface area contributed by atoms with E-state index in [1.807, 2.05) is 18.2 Å². The van der Waals surface area contributed by atoms with Gasteiger partial charge in [0.2, 0.25) is 0 Å². The Bertz CT molecular complexity index is 591. The zero-order chi connectivity index (χ0) is 13.9. The summed E-state index contributed by atoms with van der Waals surface area (Å²) in [6.45, 7) is 4.83. The number of benzene rings is 1. The van der Waals surface area contributed by atoms with Gasteiger partial charge in [0.15, 0.2) is 0 Å². The summed E-state index contributed by atoms with van der Waals surface area (Å²) in [5.74, 6) is 0. The molecule has 1 saturated heterocycles. The van der Waals surface area contributed by atoms with Crippen LogP contribution in [0.4, 0.5) is 11.4 Å². The second-order valence-corrected chi connectivity index (χ2v) is 5.22. The van der Waals surface area contributed by atoms with Crippen LogP contribution in [0.3, 0.4) is 0 Å². The number of nitrogen functional groups attached to an aromatic ring is 1. The third kappa shape index (κ3) is 2.43. The van der Waals surface area contributed by atoms with Crippen molar-refractivity contribution < 1.29 is 4.74 Å². The summed E-state index contributed by atoms with van der Waals surface area (Å²) in [6.07, 6.45) is 4.28. The average Bonchev–Trinajstić information content (AvgIpc) is 2.49. The van der Waals surface area contributed by atoms with Crippen LogP contribution >= 0.6 is 0 Å². The zero-order valence-corrected chi connectivity index (χ0v) is 11.9. The van der Waals surface area contributed by atoms with Crippen LogP contribution in [0.25, 0.3) is 10.9 Å². The van der Waals surface area contributed by atoms with Gasteiger partial charge in [-0.05, 0) is 25.8 Å². The van der Waals surface area contributed by atoms with Crippen molar-refractivity contribution in [2.45, 2.75) is 25.9 Å². The lowest BCUT2D eigenvalue weighted by molar-refractivity contribution is 0.0460. The number of pyridine rings is 1. The van der Waals surface area contributed by atoms with Crippen LogP contribution in [0.15, 0.2) is 30.5 Å². The first-order chi connectivity index (χ1) is 9.79. The molecule has 0 radical (unpaired) electrons. The van der Waals surface area contributed by atoms with Gasteiger partial charge in [-0.1, -0.05) is 18.2 Å². The first kappa shape index (κ1) is 13.2. The molecule has 0 amide bonds. The fourth-order valence-electron chi connectivity index (χ4n) is 2.98. The standard InChI is InChI=1S/C16H21N3O/c1-2-20-12-7-9-19(10-8-12)16-13-5-3-4-6-15(13)18-11-14(16)17/h3-6,11-12H,2,7-10,17H2,1H3. The lowest BCUT2D eigenvalue weighted by Crippen LogP contribution is -2.37. The number of para-hydroxylation sites is 1. The number of nitrogens with two attached hydrogens (primary N) is 1. The fraction of sp³-hybridized carbons (Fsp3) is 0.438. The molecule has 2 heterocycles. The third-order valence-electron chi connectivity index (χ3n) is 3.94. The molecule has 2 N–H and O–H groups in total. The highest BCUT2D eigenvalue weighted by atomic mass is 16.5. The molecule has 2 aromatic rings. The molecule has 1 aliphatic heterocycles. The highest BCUT2D eigenvalue weighted by molar-refractivity contribution is 5.97. The van der Waals surface area contributed by atoms with E-state index in [1.54, 1.807) is 6.20 Å². The largest absolute Gasteiger partial charge is 0.396 e. The maximum atomic E-state index is 6.18. The minimum Gasteiger partial charge on any atom is -0.396 e. The molecule has 3 rings (SSSR count). The number of ether oxygens (including phenoxy) is 1. The van der Waals surface area contributed by atoms with E-state index in [-0.39, 0.29) is 0 Å². The molecule has 0 bridgehead atoms. The molecule has 1 fully saturated rings. The number of aromatic nitrogens is 1. The van der Waals surface area contributed by atoms with Gasteiger partial charge < -0.3 is 15.4 Å². The summed E-state index contributed by atoms with van der Waals surface area (Å²) in [5, 5.41) is 1.14. The molecule has 0 atom stereocenters. The van der Waals surface area contributed by atoms with Gasteiger partial charge in [0.1, 0.15) is 0 Å². The van der Waals surface area contributed by atoms with Crippen molar-refractivity contribution in [3.8, 4) is 0 Å². The molecule has 1 aliphatic rings. The molecular weight excluding hydrogens is 250 g/mol. The smallest absolute Gasteiger partial charge is 0.0745 e. The Kier molecular flexibility index (Phi) is 3.74. The molecule has 4 heteroatoms. The molecule has 0 saturated carbocycles. The Balaban J connectivity index is 1.89. The van der Waals surface area contributed by atoms with Crippen molar-refractivity contribution in [1.29, 1.82) is 0 Å². The Morgan fingerprint density at radius 2 is 2.05 bits per heavy atom. The van der Waals surface area contributed by atoms with Crippen LogP contribution in [0.5, 0.6) is 0 Å². The molecular formula is C16H21N3O. The quantitative estimate of drug-likeness (QED) is 0.932. The fourth-order valence-corrected chi connectivity index (χ4v) is 2.98. The average molecular weight is 271 g/mol. The van der Waals surface area contributed by atoms with Crippen LogP contribution in [-0.2, 0) is 4.74 Å². The summed E-state index contributed by atoms with van der Waals surface area (Å²) in [7, 11) is 0. The van der Waals surface area contributed by atoms with Crippen molar-refractivity contribution in [2.24, 2.45) is 0 Å². The SMILES string of the molecule is CCOC1CCN(c2c(N)cnc3ccccc23)CC1. The highest BCUT2D eigenvalue weighted by Gasteiger charge is 2.22. The Labute approximate surface area is 119 Å². The van der Waals surface area contributed by atoms with Crippen molar-refractivity contribution in [2.75, 3.05) is 30.3 Å². The third-order valence-corrected chi connectivity index (χ3v) is 3.94. The van der Waals surface area contributed by atoms with Gasteiger partial charge in [-0.25, -0.2) is 0 Å². The normalized spacial score (nSPS) is 16.8. The monoisotopic (exact) mass is 271 g/mol. The van der Waals surface area contributed by atoms with Crippen molar-refractivity contribution in [3.05, 3.63) is 30.5 Å². The predicted molar refractivity (Wildman–Crippen MR) is 83.0 cm³/mol. The lowest BCUT2D eigenvalue weighted by atomic mass is 10.0. The van der Waals surface area contributed by atoms with E-state index in [0.29, 0.717) is 6.10 Å². The number of hydrogen-bond acceptors (Lipinski definition) is 4. The van der Waals surface area contributed by atoms with Gasteiger partial charge in [0.05, 0.1) is 29.2 Å². The number of rotatable bonds is 3. The van der Waals surface area contributed by atoms with E-state index in [9.17, 15) is 0 Å². The van der Waals surface area contributed by atoms with E-state index in [4.69, 9.17) is 10.5 Å². The minimum atomic E-state index is 0.394. The first-order valence-corrected chi connectivity index (χ1v) is 7.29. The molecule has 1 aromatic heterocycles. The van der Waals surface area contributed by atoms with Gasteiger partial charge in [0, 0.05) is 25.1 Å². The summed E-state index contributed by atoms with van der Waals surface area (Å²) in [6, 6.07) is 8.18. The highest BCUT2D eigenvalue weighted by Crippen LogP contribution is 2.33. The first-order valence-electron chi connectivity index (χ1n) is 7.29. The molecule has 20 heavy (non-hydrogen) atoms. The second kappa shape index (κ2) is 5.67. The Hall–Kier alpha value is -1.81.